The highest BCUT2D eigenvalue weighted by molar-refractivity contribution is 7.98. The van der Waals surface area contributed by atoms with Gasteiger partial charge in [0.25, 0.3) is 0 Å². The van der Waals surface area contributed by atoms with Gasteiger partial charge in [-0.25, -0.2) is 9.78 Å². The van der Waals surface area contributed by atoms with E-state index in [2.05, 4.69) is 9.97 Å². The number of nitrogens with one attached hydrogen (secondary N) is 1. The topological polar surface area (TPSA) is 64.2 Å². The highest BCUT2D eigenvalue weighted by atomic mass is 32.2. The minimum Gasteiger partial charge on any atom is -0.496 e. The van der Waals surface area contributed by atoms with E-state index in [0.29, 0.717) is 17.1 Å². The van der Waals surface area contributed by atoms with Crippen LogP contribution >= 0.6 is 11.8 Å². The van der Waals surface area contributed by atoms with Crippen LogP contribution in [0.5, 0.6) is 5.75 Å². The number of H-pyrrole nitrogens is 1. The SMILES string of the molecule is COC(=O)c1cc(CSc2nc3ccccc3[nH]2)cc(C)c1OC. The molecule has 0 spiro atoms. The Morgan fingerprint density at radius 2 is 2.04 bits per heavy atom. The van der Waals surface area contributed by atoms with Crippen molar-refractivity contribution in [3.8, 4) is 5.75 Å². The monoisotopic (exact) mass is 342 g/mol. The molecule has 0 saturated heterocycles. The van der Waals surface area contributed by atoms with Crippen LogP contribution in [0.2, 0.25) is 0 Å². The van der Waals surface area contributed by atoms with Gasteiger partial charge in [0.05, 0.1) is 25.3 Å². The number of ether oxygens (including phenoxy) is 2. The van der Waals surface area contributed by atoms with E-state index in [4.69, 9.17) is 9.47 Å². The molecule has 3 aromatic rings. The number of hydrogen-bond donors (Lipinski definition) is 1. The van der Waals surface area contributed by atoms with Gasteiger partial charge in [-0.2, -0.15) is 0 Å². The third-order valence-corrected chi connectivity index (χ3v) is 4.63. The van der Waals surface area contributed by atoms with Crippen molar-refractivity contribution in [1.29, 1.82) is 0 Å². The normalized spacial score (nSPS) is 10.8. The van der Waals surface area contributed by atoms with E-state index in [1.165, 1.54) is 7.11 Å². The fourth-order valence-electron chi connectivity index (χ4n) is 2.61. The second-order valence-corrected chi connectivity index (χ2v) is 6.30. The average Bonchev–Trinajstić information content (AvgIpc) is 3.01. The zero-order valence-corrected chi connectivity index (χ0v) is 14.6. The minimum absolute atomic E-state index is 0.398. The number of aryl methyl sites for hydroxylation is 1. The smallest absolute Gasteiger partial charge is 0.341 e. The second-order valence-electron chi connectivity index (χ2n) is 5.33. The van der Waals surface area contributed by atoms with Crippen molar-refractivity contribution in [2.75, 3.05) is 14.2 Å². The molecule has 0 saturated carbocycles. The van der Waals surface area contributed by atoms with E-state index in [0.717, 1.165) is 27.3 Å². The summed E-state index contributed by atoms with van der Waals surface area (Å²) < 4.78 is 10.2. The predicted octanol–water partition coefficient (Wildman–Crippen LogP) is 3.96. The van der Waals surface area contributed by atoms with Gasteiger partial charge in [-0.05, 0) is 36.2 Å². The lowest BCUT2D eigenvalue weighted by atomic mass is 10.1. The van der Waals surface area contributed by atoms with Crippen LogP contribution in [0.4, 0.5) is 0 Å². The zero-order chi connectivity index (χ0) is 17.1. The van der Waals surface area contributed by atoms with Crippen molar-refractivity contribution < 1.29 is 14.3 Å². The zero-order valence-electron chi connectivity index (χ0n) is 13.8. The molecule has 2 aromatic carbocycles. The van der Waals surface area contributed by atoms with Crippen molar-refractivity contribution in [1.82, 2.24) is 9.97 Å². The number of fused-ring (bicyclic) bond motifs is 1. The first-order valence-corrected chi connectivity index (χ1v) is 8.44. The summed E-state index contributed by atoms with van der Waals surface area (Å²) in [4.78, 5) is 19.8. The van der Waals surface area contributed by atoms with E-state index < -0.39 is 5.97 Å². The number of hydrogen-bond acceptors (Lipinski definition) is 5. The van der Waals surface area contributed by atoms with Gasteiger partial charge in [-0.1, -0.05) is 30.0 Å². The molecular weight excluding hydrogens is 324 g/mol. The van der Waals surface area contributed by atoms with Gasteiger partial charge >= 0.3 is 5.97 Å². The van der Waals surface area contributed by atoms with Gasteiger partial charge in [0.2, 0.25) is 0 Å². The fraction of sp³-hybridized carbons (Fsp3) is 0.222. The van der Waals surface area contributed by atoms with E-state index in [-0.39, 0.29) is 0 Å². The standard InChI is InChI=1S/C18H18N2O3S/c1-11-8-12(9-13(16(11)22-2)17(21)23-3)10-24-18-19-14-6-4-5-7-15(14)20-18/h4-9H,10H2,1-3H3,(H,19,20). The molecule has 0 aliphatic rings. The molecule has 24 heavy (non-hydrogen) atoms. The quantitative estimate of drug-likeness (QED) is 0.562. The molecule has 0 unspecified atom stereocenters. The first-order valence-electron chi connectivity index (χ1n) is 7.45. The van der Waals surface area contributed by atoms with Gasteiger partial charge in [0, 0.05) is 5.75 Å². The summed E-state index contributed by atoms with van der Waals surface area (Å²) >= 11 is 1.59. The van der Waals surface area contributed by atoms with Crippen LogP contribution in [-0.2, 0) is 10.5 Å². The third kappa shape index (κ3) is 3.23. The number of thioether (sulfide) groups is 1. The number of carbonyl (C=O) groups is 1. The van der Waals surface area contributed by atoms with Crippen molar-refractivity contribution >= 4 is 28.8 Å². The number of benzene rings is 2. The van der Waals surface area contributed by atoms with Crippen LogP contribution in [0.1, 0.15) is 21.5 Å². The van der Waals surface area contributed by atoms with Gasteiger partial charge in [-0.3, -0.25) is 0 Å². The lowest BCUT2D eigenvalue weighted by Gasteiger charge is -2.12. The molecule has 5 nitrogen and oxygen atoms in total. The van der Waals surface area contributed by atoms with E-state index >= 15 is 0 Å². The fourth-order valence-corrected chi connectivity index (χ4v) is 3.43. The Morgan fingerprint density at radius 3 is 2.75 bits per heavy atom. The number of para-hydroxylation sites is 2. The van der Waals surface area contributed by atoms with Crippen molar-refractivity contribution in [3.05, 3.63) is 53.1 Å². The molecule has 0 amide bonds. The molecule has 0 aliphatic carbocycles. The van der Waals surface area contributed by atoms with Gasteiger partial charge in [0.1, 0.15) is 11.3 Å². The third-order valence-electron chi connectivity index (χ3n) is 3.69. The van der Waals surface area contributed by atoms with Crippen LogP contribution in [0, 0.1) is 6.92 Å². The van der Waals surface area contributed by atoms with Gasteiger partial charge in [-0.15, -0.1) is 0 Å². The molecule has 0 atom stereocenters. The molecule has 0 bridgehead atoms. The van der Waals surface area contributed by atoms with Gasteiger partial charge < -0.3 is 14.5 Å². The lowest BCUT2D eigenvalue weighted by Crippen LogP contribution is -2.06. The van der Waals surface area contributed by atoms with Crippen LogP contribution in [0.3, 0.4) is 0 Å². The number of nitrogens with zero attached hydrogens (tertiary/aromatic N) is 1. The number of esters is 1. The average molecular weight is 342 g/mol. The van der Waals surface area contributed by atoms with Crippen LogP contribution < -0.4 is 4.74 Å². The van der Waals surface area contributed by atoms with Crippen LogP contribution in [-0.4, -0.2) is 30.2 Å². The summed E-state index contributed by atoms with van der Waals surface area (Å²) in [5.74, 6) is 0.846. The number of methoxy groups -OCH3 is 2. The number of rotatable bonds is 5. The van der Waals surface area contributed by atoms with Crippen LogP contribution in [0.25, 0.3) is 11.0 Å². The largest absolute Gasteiger partial charge is 0.496 e. The molecule has 0 radical (unpaired) electrons. The highest BCUT2D eigenvalue weighted by Crippen LogP contribution is 2.29. The molecule has 0 fully saturated rings. The summed E-state index contributed by atoms with van der Waals surface area (Å²) in [5.41, 5.74) is 4.32. The highest BCUT2D eigenvalue weighted by Gasteiger charge is 2.16. The number of aromatic amines is 1. The Labute approximate surface area is 144 Å². The Hall–Kier alpha value is -2.47. The minimum atomic E-state index is -0.398. The van der Waals surface area contributed by atoms with Gasteiger partial charge in [0.15, 0.2) is 5.16 Å². The Balaban J connectivity index is 1.84. The molecule has 1 heterocycles. The number of imidazole rings is 1. The number of carbonyl (C=O) groups excluding carboxylic acids is 1. The predicted molar refractivity (Wildman–Crippen MR) is 94.7 cm³/mol. The van der Waals surface area contributed by atoms with E-state index in [1.807, 2.05) is 43.3 Å². The molecule has 3 rings (SSSR count). The Bertz CT molecular complexity index is 856. The molecule has 124 valence electrons. The second kappa shape index (κ2) is 6.97. The van der Waals surface area contributed by atoms with Crippen molar-refractivity contribution in [2.24, 2.45) is 0 Å². The van der Waals surface area contributed by atoms with E-state index in [1.54, 1.807) is 18.9 Å². The summed E-state index contributed by atoms with van der Waals surface area (Å²) in [6.07, 6.45) is 0. The van der Waals surface area contributed by atoms with E-state index in [9.17, 15) is 4.79 Å². The first-order chi connectivity index (χ1) is 11.6. The molecule has 6 heteroatoms. The summed E-state index contributed by atoms with van der Waals surface area (Å²) in [7, 11) is 2.92. The molecule has 0 aliphatic heterocycles. The summed E-state index contributed by atoms with van der Waals surface area (Å²) in [5, 5.41) is 0.851. The molecule has 1 N–H and O–H groups in total. The Kier molecular flexibility index (Phi) is 4.76. The van der Waals surface area contributed by atoms with Crippen molar-refractivity contribution in [2.45, 2.75) is 17.8 Å². The van der Waals surface area contributed by atoms with Crippen LogP contribution in [0.15, 0.2) is 41.6 Å². The molecular formula is C18H18N2O3S. The first kappa shape index (κ1) is 16.4. The Morgan fingerprint density at radius 1 is 1.25 bits per heavy atom. The maximum atomic E-state index is 12.0. The lowest BCUT2D eigenvalue weighted by molar-refractivity contribution is 0.0597. The number of aromatic nitrogens is 2. The maximum absolute atomic E-state index is 12.0. The van der Waals surface area contributed by atoms with Crippen molar-refractivity contribution in [3.63, 3.8) is 0 Å². The summed E-state index contributed by atoms with van der Waals surface area (Å²) in [6, 6.07) is 11.7. The molecule has 1 aromatic heterocycles. The summed E-state index contributed by atoms with van der Waals surface area (Å²) in [6.45, 7) is 1.92. The maximum Gasteiger partial charge on any atom is 0.341 e.